The summed E-state index contributed by atoms with van der Waals surface area (Å²) < 4.78 is 11.5. The van der Waals surface area contributed by atoms with E-state index < -0.39 is 0 Å². The van der Waals surface area contributed by atoms with Gasteiger partial charge in [0.05, 0.1) is 36.3 Å². The number of nitrogens with zero attached hydrogens (tertiary/aromatic N) is 3. The SMILES string of the molecule is COc1cccc(C(=O)N2CCCCC2c2[nH]ncc2C)c1OCc1ccccn1. The topological polar surface area (TPSA) is 80.3 Å². The number of ether oxygens (including phenoxy) is 2. The summed E-state index contributed by atoms with van der Waals surface area (Å²) in [6.45, 7) is 2.96. The maximum atomic E-state index is 13.7. The third-order valence-electron chi connectivity index (χ3n) is 5.48. The third kappa shape index (κ3) is 4.01. The lowest BCUT2D eigenvalue weighted by Gasteiger charge is -2.36. The number of benzene rings is 1. The van der Waals surface area contributed by atoms with Gasteiger partial charge in [0, 0.05) is 12.7 Å². The number of H-pyrrole nitrogens is 1. The number of methoxy groups -OCH3 is 1. The highest BCUT2D eigenvalue weighted by Gasteiger charge is 2.32. The van der Waals surface area contributed by atoms with Gasteiger partial charge in [-0.2, -0.15) is 5.10 Å². The lowest BCUT2D eigenvalue weighted by Crippen LogP contribution is -2.39. The predicted octanol–water partition coefficient (Wildman–Crippen LogP) is 4.07. The van der Waals surface area contributed by atoms with Crippen LogP contribution in [0.1, 0.15) is 52.6 Å². The van der Waals surface area contributed by atoms with Gasteiger partial charge in [0.2, 0.25) is 0 Å². The van der Waals surface area contributed by atoms with E-state index in [1.165, 1.54) is 0 Å². The van der Waals surface area contributed by atoms with Crippen LogP contribution in [0.3, 0.4) is 0 Å². The van der Waals surface area contributed by atoms with Crippen LogP contribution in [0.2, 0.25) is 0 Å². The number of hydrogen-bond acceptors (Lipinski definition) is 5. The fraction of sp³-hybridized carbons (Fsp3) is 0.348. The van der Waals surface area contributed by atoms with Crippen molar-refractivity contribution in [2.45, 2.75) is 38.8 Å². The molecule has 1 amide bonds. The van der Waals surface area contributed by atoms with E-state index in [1.54, 1.807) is 31.6 Å². The summed E-state index contributed by atoms with van der Waals surface area (Å²) in [5, 5.41) is 7.24. The van der Waals surface area contributed by atoms with Crippen LogP contribution in [0.4, 0.5) is 0 Å². The van der Waals surface area contributed by atoms with Crippen LogP contribution in [0.15, 0.2) is 48.8 Å². The van der Waals surface area contributed by atoms with Gasteiger partial charge in [-0.05, 0) is 56.0 Å². The van der Waals surface area contributed by atoms with Crippen LogP contribution >= 0.6 is 0 Å². The van der Waals surface area contributed by atoms with Gasteiger partial charge in [0.15, 0.2) is 11.5 Å². The molecule has 0 spiro atoms. The van der Waals surface area contributed by atoms with E-state index in [0.29, 0.717) is 23.6 Å². The first kappa shape index (κ1) is 19.9. The van der Waals surface area contributed by atoms with Crippen molar-refractivity contribution in [2.24, 2.45) is 0 Å². The number of nitrogens with one attached hydrogen (secondary N) is 1. The number of amides is 1. The number of para-hydroxylation sites is 1. The minimum absolute atomic E-state index is 0.0245. The molecule has 156 valence electrons. The van der Waals surface area contributed by atoms with Crippen LogP contribution in [-0.4, -0.2) is 39.6 Å². The average Bonchev–Trinajstić information content (AvgIpc) is 3.23. The van der Waals surface area contributed by atoms with Crippen molar-refractivity contribution in [1.82, 2.24) is 20.1 Å². The van der Waals surface area contributed by atoms with E-state index >= 15 is 0 Å². The Hall–Kier alpha value is -3.35. The van der Waals surface area contributed by atoms with E-state index in [9.17, 15) is 4.79 Å². The molecular weight excluding hydrogens is 380 g/mol. The normalized spacial score (nSPS) is 16.3. The number of carbonyl (C=O) groups is 1. The summed E-state index contributed by atoms with van der Waals surface area (Å²) in [4.78, 5) is 19.9. The molecule has 1 aromatic carbocycles. The van der Waals surface area contributed by atoms with Crippen LogP contribution in [0.25, 0.3) is 0 Å². The summed E-state index contributed by atoms with van der Waals surface area (Å²) in [6, 6.07) is 11.0. The molecule has 7 heteroatoms. The van der Waals surface area contributed by atoms with Crippen LogP contribution in [-0.2, 0) is 6.61 Å². The molecule has 1 unspecified atom stereocenters. The highest BCUT2D eigenvalue weighted by molar-refractivity contribution is 5.98. The molecule has 0 saturated carbocycles. The lowest BCUT2D eigenvalue weighted by molar-refractivity contribution is 0.0599. The standard InChI is InChI=1S/C23H26N4O3/c1-16-14-25-26-21(16)19-10-4-6-13-27(19)23(28)18-9-7-11-20(29-2)22(18)30-15-17-8-3-5-12-24-17/h3,5,7-9,11-12,14,19H,4,6,10,13,15H2,1-2H3,(H,25,26). The number of rotatable bonds is 6. The molecule has 2 aromatic heterocycles. The Balaban J connectivity index is 1.65. The van der Waals surface area contributed by atoms with Crippen LogP contribution in [0.5, 0.6) is 11.5 Å². The zero-order chi connectivity index (χ0) is 20.9. The van der Waals surface area contributed by atoms with Gasteiger partial charge in [-0.1, -0.05) is 12.1 Å². The molecule has 1 atom stereocenters. The Bertz CT molecular complexity index is 1000. The Morgan fingerprint density at radius 1 is 1.23 bits per heavy atom. The second-order valence-corrected chi connectivity index (χ2v) is 7.42. The maximum Gasteiger partial charge on any atom is 0.258 e. The van der Waals surface area contributed by atoms with Gasteiger partial charge in [-0.15, -0.1) is 0 Å². The van der Waals surface area contributed by atoms with E-state index in [0.717, 1.165) is 36.2 Å². The number of aromatic amines is 1. The Kier molecular flexibility index (Phi) is 5.97. The summed E-state index contributed by atoms with van der Waals surface area (Å²) >= 11 is 0. The molecule has 0 radical (unpaired) electrons. The van der Waals surface area contributed by atoms with Crippen molar-refractivity contribution in [3.05, 3.63) is 71.3 Å². The fourth-order valence-electron chi connectivity index (χ4n) is 3.95. The lowest BCUT2D eigenvalue weighted by atomic mass is 9.96. The van der Waals surface area contributed by atoms with Crippen molar-refractivity contribution in [3.8, 4) is 11.5 Å². The number of aromatic nitrogens is 3. The first-order valence-electron chi connectivity index (χ1n) is 10.2. The number of aryl methyl sites for hydroxylation is 1. The zero-order valence-electron chi connectivity index (χ0n) is 17.3. The van der Waals surface area contributed by atoms with E-state index in [1.807, 2.05) is 36.1 Å². The van der Waals surface area contributed by atoms with Crippen molar-refractivity contribution in [1.29, 1.82) is 0 Å². The number of pyridine rings is 1. The number of carbonyl (C=O) groups excluding carboxylic acids is 1. The fourth-order valence-corrected chi connectivity index (χ4v) is 3.95. The van der Waals surface area contributed by atoms with Gasteiger partial charge in [-0.3, -0.25) is 14.9 Å². The zero-order valence-corrected chi connectivity index (χ0v) is 17.3. The van der Waals surface area contributed by atoms with Crippen molar-refractivity contribution < 1.29 is 14.3 Å². The van der Waals surface area contributed by atoms with Gasteiger partial charge < -0.3 is 14.4 Å². The molecule has 4 rings (SSSR count). The van der Waals surface area contributed by atoms with E-state index in [4.69, 9.17) is 9.47 Å². The summed E-state index contributed by atoms with van der Waals surface area (Å²) in [5.41, 5.74) is 3.35. The molecule has 0 bridgehead atoms. The summed E-state index contributed by atoms with van der Waals surface area (Å²) in [7, 11) is 1.58. The Morgan fingerprint density at radius 3 is 2.87 bits per heavy atom. The van der Waals surface area contributed by atoms with Crippen molar-refractivity contribution in [2.75, 3.05) is 13.7 Å². The second kappa shape index (κ2) is 8.98. The van der Waals surface area contributed by atoms with E-state index in [2.05, 4.69) is 15.2 Å². The highest BCUT2D eigenvalue weighted by atomic mass is 16.5. The minimum atomic E-state index is -0.0661. The van der Waals surface area contributed by atoms with Crippen LogP contribution < -0.4 is 9.47 Å². The molecule has 3 aromatic rings. The molecule has 1 saturated heterocycles. The molecule has 30 heavy (non-hydrogen) atoms. The molecule has 1 fully saturated rings. The van der Waals surface area contributed by atoms with Gasteiger partial charge in [-0.25, -0.2) is 0 Å². The first-order valence-corrected chi connectivity index (χ1v) is 10.2. The van der Waals surface area contributed by atoms with Crippen molar-refractivity contribution >= 4 is 5.91 Å². The third-order valence-corrected chi connectivity index (χ3v) is 5.48. The van der Waals surface area contributed by atoms with Gasteiger partial charge in [0.1, 0.15) is 6.61 Å². The Labute approximate surface area is 176 Å². The quantitative estimate of drug-likeness (QED) is 0.667. The van der Waals surface area contributed by atoms with Crippen molar-refractivity contribution in [3.63, 3.8) is 0 Å². The second-order valence-electron chi connectivity index (χ2n) is 7.42. The Morgan fingerprint density at radius 2 is 2.13 bits per heavy atom. The molecular formula is C23H26N4O3. The summed E-state index contributed by atoms with van der Waals surface area (Å²) in [5.74, 6) is 0.910. The molecule has 0 aliphatic carbocycles. The largest absolute Gasteiger partial charge is 0.493 e. The number of hydrogen-bond donors (Lipinski definition) is 1. The average molecular weight is 406 g/mol. The van der Waals surface area contributed by atoms with Crippen LogP contribution in [0, 0.1) is 6.92 Å². The predicted molar refractivity (Wildman–Crippen MR) is 113 cm³/mol. The highest BCUT2D eigenvalue weighted by Crippen LogP contribution is 2.37. The maximum absolute atomic E-state index is 13.7. The number of piperidine rings is 1. The molecule has 1 aliphatic heterocycles. The first-order chi connectivity index (χ1) is 14.7. The van der Waals surface area contributed by atoms with Gasteiger partial charge >= 0.3 is 0 Å². The summed E-state index contributed by atoms with van der Waals surface area (Å²) in [6.07, 6.45) is 6.48. The molecule has 1 aliphatic rings. The van der Waals surface area contributed by atoms with E-state index in [-0.39, 0.29) is 18.6 Å². The van der Waals surface area contributed by atoms with Gasteiger partial charge in [0.25, 0.3) is 5.91 Å². The number of likely N-dealkylation sites (tertiary alicyclic amines) is 1. The molecule has 3 heterocycles. The minimum Gasteiger partial charge on any atom is -0.493 e. The molecule has 1 N–H and O–H groups in total. The monoisotopic (exact) mass is 406 g/mol. The smallest absolute Gasteiger partial charge is 0.258 e. The molecule has 7 nitrogen and oxygen atoms in total.